The van der Waals surface area contributed by atoms with Crippen molar-refractivity contribution in [3.05, 3.63) is 34.4 Å². The van der Waals surface area contributed by atoms with Crippen molar-refractivity contribution in [1.82, 2.24) is 0 Å². The smallest absolute Gasteiger partial charge is 0.0227 e. The van der Waals surface area contributed by atoms with Gasteiger partial charge in [0.25, 0.3) is 0 Å². The van der Waals surface area contributed by atoms with E-state index in [1.54, 1.807) is 16.7 Å². The first-order valence-corrected chi connectivity index (χ1v) is 6.07. The summed E-state index contributed by atoms with van der Waals surface area (Å²) in [6.07, 6.45) is 5.19. The SMILES string of the molecule is Cc1ccc(CC(C)(C)C)c2c1CCC2. The molecule has 0 aromatic heterocycles. The highest BCUT2D eigenvalue weighted by molar-refractivity contribution is 5.43. The highest BCUT2D eigenvalue weighted by atomic mass is 14.2. The van der Waals surface area contributed by atoms with E-state index >= 15 is 0 Å². The Hall–Kier alpha value is -0.780. The Kier molecular flexibility index (Phi) is 2.62. The topological polar surface area (TPSA) is 0 Å². The highest BCUT2D eigenvalue weighted by Gasteiger charge is 2.20. The summed E-state index contributed by atoms with van der Waals surface area (Å²) >= 11 is 0. The number of rotatable bonds is 1. The second-order valence-electron chi connectivity index (χ2n) is 6.09. The van der Waals surface area contributed by atoms with E-state index in [-0.39, 0.29) is 0 Å². The van der Waals surface area contributed by atoms with Crippen LogP contribution in [0.2, 0.25) is 0 Å². The number of fused-ring (bicyclic) bond motifs is 1. The lowest BCUT2D eigenvalue weighted by Crippen LogP contribution is -2.11. The van der Waals surface area contributed by atoms with Crippen molar-refractivity contribution in [3.8, 4) is 0 Å². The average Bonchev–Trinajstić information content (AvgIpc) is 2.57. The molecule has 0 atom stereocenters. The normalized spacial score (nSPS) is 15.5. The van der Waals surface area contributed by atoms with Gasteiger partial charge in [0.1, 0.15) is 0 Å². The molecule has 0 nitrogen and oxygen atoms in total. The van der Waals surface area contributed by atoms with Crippen LogP contribution in [0.25, 0.3) is 0 Å². The average molecular weight is 202 g/mol. The standard InChI is InChI=1S/C15H22/c1-11-8-9-12(10-15(2,3)4)14-7-5-6-13(11)14/h8-9H,5-7,10H2,1-4H3. The van der Waals surface area contributed by atoms with E-state index in [4.69, 9.17) is 0 Å². The molecule has 0 radical (unpaired) electrons. The lowest BCUT2D eigenvalue weighted by atomic mass is 9.85. The zero-order chi connectivity index (χ0) is 11.1. The van der Waals surface area contributed by atoms with Crippen LogP contribution in [0.3, 0.4) is 0 Å². The summed E-state index contributed by atoms with van der Waals surface area (Å²) in [6.45, 7) is 9.24. The van der Waals surface area contributed by atoms with E-state index in [0.29, 0.717) is 5.41 Å². The van der Waals surface area contributed by atoms with E-state index < -0.39 is 0 Å². The number of aryl methyl sites for hydroxylation is 1. The van der Waals surface area contributed by atoms with Crippen LogP contribution in [0.1, 0.15) is 49.4 Å². The molecule has 0 bridgehead atoms. The minimum absolute atomic E-state index is 0.408. The Bertz CT molecular complexity index is 366. The van der Waals surface area contributed by atoms with Crippen molar-refractivity contribution >= 4 is 0 Å². The Labute approximate surface area is 93.7 Å². The first kappa shape index (κ1) is 10.7. The van der Waals surface area contributed by atoms with Crippen molar-refractivity contribution in [3.63, 3.8) is 0 Å². The van der Waals surface area contributed by atoms with Gasteiger partial charge in [0.2, 0.25) is 0 Å². The summed E-state index contributed by atoms with van der Waals surface area (Å²) in [4.78, 5) is 0. The molecule has 0 saturated heterocycles. The molecule has 0 N–H and O–H groups in total. The van der Waals surface area contributed by atoms with Crippen LogP contribution in [-0.2, 0) is 19.3 Å². The van der Waals surface area contributed by atoms with Gasteiger partial charge in [-0.1, -0.05) is 32.9 Å². The maximum absolute atomic E-state index is 2.35. The van der Waals surface area contributed by atoms with Gasteiger partial charge in [-0.2, -0.15) is 0 Å². The van der Waals surface area contributed by atoms with Gasteiger partial charge in [0.05, 0.1) is 0 Å². The summed E-state index contributed by atoms with van der Waals surface area (Å²) in [5.41, 5.74) is 6.83. The minimum Gasteiger partial charge on any atom is -0.0599 e. The van der Waals surface area contributed by atoms with Crippen molar-refractivity contribution in [1.29, 1.82) is 0 Å². The van der Waals surface area contributed by atoms with E-state index in [1.165, 1.54) is 31.2 Å². The summed E-state index contributed by atoms with van der Waals surface area (Å²) in [7, 11) is 0. The molecule has 1 aromatic carbocycles. The summed E-state index contributed by atoms with van der Waals surface area (Å²) in [6, 6.07) is 4.66. The van der Waals surface area contributed by atoms with Gasteiger partial charge in [-0.3, -0.25) is 0 Å². The summed E-state index contributed by atoms with van der Waals surface area (Å²) in [5.74, 6) is 0. The fraction of sp³-hybridized carbons (Fsp3) is 0.600. The zero-order valence-corrected chi connectivity index (χ0v) is 10.5. The Balaban J connectivity index is 2.38. The van der Waals surface area contributed by atoms with E-state index in [0.717, 1.165) is 0 Å². The number of hydrogen-bond acceptors (Lipinski definition) is 0. The van der Waals surface area contributed by atoms with Gasteiger partial charge in [-0.25, -0.2) is 0 Å². The van der Waals surface area contributed by atoms with Gasteiger partial charge in [-0.15, -0.1) is 0 Å². The van der Waals surface area contributed by atoms with Crippen LogP contribution in [0.5, 0.6) is 0 Å². The quantitative estimate of drug-likeness (QED) is 0.644. The van der Waals surface area contributed by atoms with Gasteiger partial charge in [0, 0.05) is 0 Å². The van der Waals surface area contributed by atoms with Crippen molar-refractivity contribution < 1.29 is 0 Å². The van der Waals surface area contributed by atoms with Crippen molar-refractivity contribution in [2.45, 2.75) is 53.4 Å². The molecule has 0 amide bonds. The van der Waals surface area contributed by atoms with Crippen LogP contribution in [0.4, 0.5) is 0 Å². The maximum atomic E-state index is 2.35. The monoisotopic (exact) mass is 202 g/mol. The third kappa shape index (κ3) is 2.25. The van der Waals surface area contributed by atoms with Gasteiger partial charge in [0.15, 0.2) is 0 Å². The van der Waals surface area contributed by atoms with Crippen molar-refractivity contribution in [2.75, 3.05) is 0 Å². The Morgan fingerprint density at radius 3 is 2.40 bits per heavy atom. The molecule has 0 saturated carbocycles. The fourth-order valence-corrected chi connectivity index (χ4v) is 2.70. The van der Waals surface area contributed by atoms with Crippen LogP contribution in [0.15, 0.2) is 12.1 Å². The van der Waals surface area contributed by atoms with E-state index in [1.807, 2.05) is 0 Å². The number of hydrogen-bond donors (Lipinski definition) is 0. The molecule has 0 heteroatoms. The molecule has 2 rings (SSSR count). The molecule has 0 aliphatic heterocycles. The predicted molar refractivity (Wildman–Crippen MR) is 66.4 cm³/mol. The third-order valence-corrected chi connectivity index (χ3v) is 3.34. The van der Waals surface area contributed by atoms with Crippen LogP contribution in [-0.4, -0.2) is 0 Å². The van der Waals surface area contributed by atoms with Gasteiger partial charge in [-0.05, 0) is 60.3 Å². The minimum atomic E-state index is 0.408. The summed E-state index contributed by atoms with van der Waals surface area (Å²) in [5, 5.41) is 0. The molecule has 0 heterocycles. The molecule has 82 valence electrons. The van der Waals surface area contributed by atoms with E-state index in [2.05, 4.69) is 39.8 Å². The molecule has 0 unspecified atom stereocenters. The fourth-order valence-electron chi connectivity index (χ4n) is 2.70. The molecule has 15 heavy (non-hydrogen) atoms. The largest absolute Gasteiger partial charge is 0.0599 e. The van der Waals surface area contributed by atoms with Crippen LogP contribution in [0, 0.1) is 12.3 Å². The maximum Gasteiger partial charge on any atom is -0.0227 e. The second kappa shape index (κ2) is 3.66. The molecular formula is C15H22. The van der Waals surface area contributed by atoms with Gasteiger partial charge >= 0.3 is 0 Å². The first-order valence-electron chi connectivity index (χ1n) is 6.07. The van der Waals surface area contributed by atoms with Gasteiger partial charge < -0.3 is 0 Å². The molecule has 1 aliphatic carbocycles. The van der Waals surface area contributed by atoms with Crippen molar-refractivity contribution in [2.24, 2.45) is 5.41 Å². The molecule has 1 aromatic rings. The molecular weight excluding hydrogens is 180 g/mol. The lowest BCUT2D eigenvalue weighted by molar-refractivity contribution is 0.410. The highest BCUT2D eigenvalue weighted by Crippen LogP contribution is 2.31. The lowest BCUT2D eigenvalue weighted by Gasteiger charge is -2.21. The second-order valence-corrected chi connectivity index (χ2v) is 6.09. The molecule has 0 spiro atoms. The zero-order valence-electron chi connectivity index (χ0n) is 10.5. The number of benzene rings is 1. The molecule has 1 aliphatic rings. The van der Waals surface area contributed by atoms with Crippen LogP contribution >= 0.6 is 0 Å². The Morgan fingerprint density at radius 1 is 1.07 bits per heavy atom. The first-order chi connectivity index (χ1) is 6.97. The third-order valence-electron chi connectivity index (χ3n) is 3.34. The predicted octanol–water partition coefficient (Wildman–Crippen LogP) is 4.07. The van der Waals surface area contributed by atoms with E-state index in [9.17, 15) is 0 Å². The Morgan fingerprint density at radius 2 is 1.73 bits per heavy atom. The van der Waals surface area contributed by atoms with Crippen LogP contribution < -0.4 is 0 Å². The molecule has 0 fully saturated rings. The summed E-state index contributed by atoms with van der Waals surface area (Å²) < 4.78 is 0.